The maximum Gasteiger partial charge on any atom is 0.149 e. The van der Waals surface area contributed by atoms with Crippen LogP contribution >= 0.6 is 0 Å². The van der Waals surface area contributed by atoms with Gasteiger partial charge in [0.1, 0.15) is 5.60 Å². The van der Waals surface area contributed by atoms with E-state index in [0.29, 0.717) is 0 Å². The van der Waals surface area contributed by atoms with Crippen LogP contribution in [0.2, 0.25) is 0 Å². The van der Waals surface area contributed by atoms with Crippen LogP contribution in [0.1, 0.15) is 30.5 Å². The highest BCUT2D eigenvalue weighted by molar-refractivity contribution is 5.55. The second kappa shape index (κ2) is 3.92. The number of piperidine rings is 1. The van der Waals surface area contributed by atoms with E-state index in [9.17, 15) is 5.11 Å². The Kier molecular flexibility index (Phi) is 2.31. The van der Waals surface area contributed by atoms with E-state index < -0.39 is 5.60 Å². The van der Waals surface area contributed by atoms with Gasteiger partial charge in [-0.05, 0) is 31.5 Å². The summed E-state index contributed by atoms with van der Waals surface area (Å²) in [6.07, 6.45) is 5.11. The lowest BCUT2D eigenvalue weighted by atomic mass is 9.81. The first-order valence-electron chi connectivity index (χ1n) is 6.92. The zero-order chi connectivity index (χ0) is 12.9. The van der Waals surface area contributed by atoms with Gasteiger partial charge in [-0.2, -0.15) is 5.10 Å². The Morgan fingerprint density at radius 1 is 1.26 bits per heavy atom. The molecule has 0 radical (unpaired) electrons. The number of hydrogen-bond acceptors (Lipinski definition) is 3. The Morgan fingerprint density at radius 2 is 2.16 bits per heavy atom. The molecule has 1 saturated heterocycles. The van der Waals surface area contributed by atoms with Crippen molar-refractivity contribution >= 4 is 0 Å². The number of para-hydroxylation sites is 1. The van der Waals surface area contributed by atoms with Crippen molar-refractivity contribution in [3.05, 3.63) is 47.8 Å². The third kappa shape index (κ3) is 1.38. The number of hydrogen-bond donors (Lipinski definition) is 2. The minimum absolute atomic E-state index is 0.0698. The van der Waals surface area contributed by atoms with E-state index >= 15 is 0 Å². The summed E-state index contributed by atoms with van der Waals surface area (Å²) in [5.74, 6) is 0. The van der Waals surface area contributed by atoms with Gasteiger partial charge in [0.05, 0.1) is 11.4 Å². The summed E-state index contributed by atoms with van der Waals surface area (Å²) in [5.41, 5.74) is 1.90. The highest BCUT2D eigenvalue weighted by Gasteiger charge is 2.48. The molecule has 0 bridgehead atoms. The number of nitrogens with one attached hydrogen (secondary N) is 1. The molecule has 0 amide bonds. The number of fused-ring (bicyclic) bond motifs is 3. The second-order valence-electron chi connectivity index (χ2n) is 5.41. The maximum atomic E-state index is 11.4. The summed E-state index contributed by atoms with van der Waals surface area (Å²) in [6, 6.07) is 10.0. The molecule has 0 aliphatic carbocycles. The molecule has 2 N–H and O–H groups in total. The van der Waals surface area contributed by atoms with Gasteiger partial charge in [0.15, 0.2) is 0 Å². The number of aromatic nitrogens is 2. The molecule has 1 aromatic carbocycles. The molecule has 2 aliphatic rings. The average Bonchev–Trinajstić information content (AvgIpc) is 3.04. The number of rotatable bonds is 1. The summed E-state index contributed by atoms with van der Waals surface area (Å²) in [7, 11) is 0. The summed E-state index contributed by atoms with van der Waals surface area (Å²) in [4.78, 5) is 0. The van der Waals surface area contributed by atoms with Crippen LogP contribution < -0.4 is 5.32 Å². The Balaban J connectivity index is 1.92. The minimum Gasteiger partial charge on any atom is -0.377 e. The van der Waals surface area contributed by atoms with Gasteiger partial charge in [-0.3, -0.25) is 0 Å². The highest BCUT2D eigenvalue weighted by Crippen LogP contribution is 2.44. The molecule has 2 unspecified atom stereocenters. The summed E-state index contributed by atoms with van der Waals surface area (Å²) in [5, 5.41) is 19.2. The zero-order valence-corrected chi connectivity index (χ0v) is 10.7. The molecule has 2 aliphatic heterocycles. The fourth-order valence-electron chi connectivity index (χ4n) is 3.48. The number of benzene rings is 1. The molecular weight excluding hydrogens is 238 g/mol. The van der Waals surface area contributed by atoms with E-state index in [-0.39, 0.29) is 6.04 Å². The van der Waals surface area contributed by atoms with Crippen LogP contribution in [-0.4, -0.2) is 27.5 Å². The predicted molar refractivity (Wildman–Crippen MR) is 72.2 cm³/mol. The SMILES string of the molecule is OC1(C2CCCCN2)c2ccccc2-n2nccc21. The van der Waals surface area contributed by atoms with Gasteiger partial charge in [0, 0.05) is 17.8 Å². The van der Waals surface area contributed by atoms with Crippen molar-refractivity contribution in [1.29, 1.82) is 0 Å². The van der Waals surface area contributed by atoms with Gasteiger partial charge in [-0.25, -0.2) is 4.68 Å². The Morgan fingerprint density at radius 3 is 3.00 bits per heavy atom. The standard InChI is InChI=1S/C15H17N3O/c19-15(13-7-3-4-9-16-13)11-5-1-2-6-12(11)18-14(15)8-10-17-18/h1-2,5-6,8,10,13,16,19H,3-4,7,9H2. The van der Waals surface area contributed by atoms with Crippen LogP contribution in [0.3, 0.4) is 0 Å². The number of nitrogens with zero attached hydrogens (tertiary/aromatic N) is 2. The van der Waals surface area contributed by atoms with Crippen molar-refractivity contribution in [3.63, 3.8) is 0 Å². The Hall–Kier alpha value is -1.65. The van der Waals surface area contributed by atoms with Crippen LogP contribution in [0.25, 0.3) is 5.69 Å². The minimum atomic E-state index is -0.951. The fourth-order valence-corrected chi connectivity index (χ4v) is 3.48. The second-order valence-corrected chi connectivity index (χ2v) is 5.41. The van der Waals surface area contributed by atoms with E-state index in [1.165, 1.54) is 6.42 Å². The van der Waals surface area contributed by atoms with Crippen LogP contribution in [0, 0.1) is 0 Å². The van der Waals surface area contributed by atoms with Gasteiger partial charge < -0.3 is 10.4 Å². The van der Waals surface area contributed by atoms with E-state index in [1.807, 2.05) is 35.0 Å². The molecule has 98 valence electrons. The molecule has 1 fully saturated rings. The topological polar surface area (TPSA) is 50.1 Å². The lowest BCUT2D eigenvalue weighted by molar-refractivity contribution is 0.0278. The normalized spacial score (nSPS) is 29.0. The van der Waals surface area contributed by atoms with E-state index in [1.54, 1.807) is 6.20 Å². The van der Waals surface area contributed by atoms with E-state index in [2.05, 4.69) is 10.4 Å². The van der Waals surface area contributed by atoms with Crippen LogP contribution in [0.5, 0.6) is 0 Å². The summed E-state index contributed by atoms with van der Waals surface area (Å²) < 4.78 is 1.87. The maximum absolute atomic E-state index is 11.4. The Labute approximate surface area is 112 Å². The van der Waals surface area contributed by atoms with Gasteiger partial charge in [-0.1, -0.05) is 24.6 Å². The quantitative estimate of drug-likeness (QED) is 0.813. The van der Waals surface area contributed by atoms with Gasteiger partial charge >= 0.3 is 0 Å². The van der Waals surface area contributed by atoms with Crippen molar-refractivity contribution in [2.75, 3.05) is 6.54 Å². The molecule has 0 saturated carbocycles. The van der Waals surface area contributed by atoms with Crippen molar-refractivity contribution in [2.45, 2.75) is 30.9 Å². The van der Waals surface area contributed by atoms with Crippen molar-refractivity contribution in [1.82, 2.24) is 15.1 Å². The summed E-state index contributed by atoms with van der Waals surface area (Å²) in [6.45, 7) is 0.975. The fraction of sp³-hybridized carbons (Fsp3) is 0.400. The van der Waals surface area contributed by atoms with Gasteiger partial charge in [-0.15, -0.1) is 0 Å². The van der Waals surface area contributed by atoms with Gasteiger partial charge in [0.2, 0.25) is 0 Å². The zero-order valence-electron chi connectivity index (χ0n) is 10.7. The number of aliphatic hydroxyl groups is 1. The van der Waals surface area contributed by atoms with Crippen molar-refractivity contribution in [2.24, 2.45) is 0 Å². The van der Waals surface area contributed by atoms with Crippen LogP contribution in [0.4, 0.5) is 0 Å². The van der Waals surface area contributed by atoms with Crippen molar-refractivity contribution in [3.8, 4) is 5.69 Å². The van der Waals surface area contributed by atoms with Crippen molar-refractivity contribution < 1.29 is 5.11 Å². The average molecular weight is 255 g/mol. The summed E-state index contributed by atoms with van der Waals surface area (Å²) >= 11 is 0. The van der Waals surface area contributed by atoms with Crippen LogP contribution in [-0.2, 0) is 5.60 Å². The van der Waals surface area contributed by atoms with E-state index in [4.69, 9.17) is 0 Å². The third-order valence-corrected chi connectivity index (χ3v) is 4.39. The first kappa shape index (κ1) is 11.2. The largest absolute Gasteiger partial charge is 0.377 e. The first-order chi connectivity index (χ1) is 9.32. The molecule has 4 nitrogen and oxygen atoms in total. The third-order valence-electron chi connectivity index (χ3n) is 4.39. The van der Waals surface area contributed by atoms with Crippen LogP contribution in [0.15, 0.2) is 36.5 Å². The predicted octanol–water partition coefficient (Wildman–Crippen LogP) is 1.56. The lowest BCUT2D eigenvalue weighted by Gasteiger charge is -2.36. The molecule has 19 heavy (non-hydrogen) atoms. The first-order valence-corrected chi connectivity index (χ1v) is 6.92. The smallest absolute Gasteiger partial charge is 0.149 e. The lowest BCUT2D eigenvalue weighted by Crippen LogP contribution is -2.50. The Bertz CT molecular complexity index is 615. The molecule has 1 aromatic heterocycles. The molecular formula is C15H17N3O. The molecule has 3 heterocycles. The highest BCUT2D eigenvalue weighted by atomic mass is 16.3. The van der Waals surface area contributed by atoms with E-state index in [0.717, 1.165) is 36.3 Å². The molecule has 2 atom stereocenters. The molecule has 4 rings (SSSR count). The molecule has 2 aromatic rings. The molecule has 0 spiro atoms. The monoisotopic (exact) mass is 255 g/mol. The molecule has 4 heteroatoms. The van der Waals surface area contributed by atoms with Gasteiger partial charge in [0.25, 0.3) is 0 Å².